The van der Waals surface area contributed by atoms with E-state index in [2.05, 4.69) is 0 Å². The van der Waals surface area contributed by atoms with Crippen LogP contribution in [0.1, 0.15) is 40.5 Å². The van der Waals surface area contributed by atoms with Crippen molar-refractivity contribution in [1.82, 2.24) is 4.90 Å². The Morgan fingerprint density at radius 2 is 1.79 bits per heavy atom. The van der Waals surface area contributed by atoms with Gasteiger partial charge < -0.3 is 10.0 Å². The van der Waals surface area contributed by atoms with Crippen LogP contribution in [0.15, 0.2) is 0 Å². The van der Waals surface area contributed by atoms with Crippen molar-refractivity contribution in [2.24, 2.45) is 0 Å². The minimum absolute atomic E-state index is 0.0950. The van der Waals surface area contributed by atoms with Crippen LogP contribution in [0.3, 0.4) is 0 Å². The van der Waals surface area contributed by atoms with Gasteiger partial charge in [-0.15, -0.1) is 0 Å². The molecule has 0 unspecified atom stereocenters. The van der Waals surface area contributed by atoms with Gasteiger partial charge in [-0.3, -0.25) is 9.59 Å². The average molecular weight is 201 g/mol. The maximum Gasteiger partial charge on any atom is 0.323 e. The summed E-state index contributed by atoms with van der Waals surface area (Å²) in [6.45, 7) is 7.19. The van der Waals surface area contributed by atoms with Crippen LogP contribution in [0, 0.1) is 0 Å². The maximum absolute atomic E-state index is 11.6. The van der Waals surface area contributed by atoms with E-state index in [9.17, 15) is 9.59 Å². The molecule has 0 aliphatic carbocycles. The van der Waals surface area contributed by atoms with Crippen LogP contribution in [-0.4, -0.2) is 34.0 Å². The van der Waals surface area contributed by atoms with Gasteiger partial charge in [0.2, 0.25) is 5.91 Å². The molecule has 1 amide bonds. The lowest BCUT2D eigenvalue weighted by Crippen LogP contribution is -2.48. The maximum atomic E-state index is 11.6. The quantitative estimate of drug-likeness (QED) is 0.749. The fourth-order valence-electron chi connectivity index (χ4n) is 1.18. The Balaban J connectivity index is 4.55. The molecule has 4 nitrogen and oxygen atoms in total. The van der Waals surface area contributed by atoms with E-state index in [0.29, 0.717) is 6.42 Å². The zero-order valence-corrected chi connectivity index (χ0v) is 9.33. The monoisotopic (exact) mass is 201 g/mol. The molecular formula is C10H19NO3. The van der Waals surface area contributed by atoms with E-state index in [1.54, 1.807) is 0 Å². The zero-order valence-electron chi connectivity index (χ0n) is 9.33. The first-order valence-electron chi connectivity index (χ1n) is 4.81. The molecule has 4 heteroatoms. The number of rotatable bonds is 4. The summed E-state index contributed by atoms with van der Waals surface area (Å²) in [4.78, 5) is 23.6. The molecule has 0 aromatic heterocycles. The number of amides is 1. The lowest BCUT2D eigenvalue weighted by atomic mass is 10.1. The number of carboxylic acid groups (broad SMARTS) is 1. The second-order valence-electron chi connectivity index (χ2n) is 4.29. The van der Waals surface area contributed by atoms with Crippen LogP contribution in [0.2, 0.25) is 0 Å². The molecule has 0 saturated carbocycles. The number of carboxylic acids is 1. The highest BCUT2D eigenvalue weighted by Gasteiger charge is 2.27. The molecule has 0 fully saturated rings. The summed E-state index contributed by atoms with van der Waals surface area (Å²) >= 11 is 0. The summed E-state index contributed by atoms with van der Waals surface area (Å²) in [5.41, 5.74) is -0.426. The van der Waals surface area contributed by atoms with Crippen LogP contribution in [0.5, 0.6) is 0 Å². The van der Waals surface area contributed by atoms with Crippen molar-refractivity contribution < 1.29 is 14.7 Å². The number of hydrogen-bond donors (Lipinski definition) is 1. The van der Waals surface area contributed by atoms with Gasteiger partial charge in [-0.1, -0.05) is 6.92 Å². The van der Waals surface area contributed by atoms with Crippen molar-refractivity contribution in [2.45, 2.75) is 46.1 Å². The summed E-state index contributed by atoms with van der Waals surface area (Å²) in [5, 5.41) is 8.67. The Morgan fingerprint density at radius 1 is 1.29 bits per heavy atom. The van der Waals surface area contributed by atoms with E-state index in [-0.39, 0.29) is 12.5 Å². The molecule has 0 rings (SSSR count). The summed E-state index contributed by atoms with van der Waals surface area (Å²) in [6.07, 6.45) is 1.15. The Kier molecular flexibility index (Phi) is 4.60. The predicted molar refractivity (Wildman–Crippen MR) is 54.0 cm³/mol. The van der Waals surface area contributed by atoms with Crippen molar-refractivity contribution in [3.8, 4) is 0 Å². The van der Waals surface area contributed by atoms with Crippen LogP contribution in [0.25, 0.3) is 0 Å². The highest BCUT2D eigenvalue weighted by Crippen LogP contribution is 2.14. The SMILES string of the molecule is CCCC(=O)N(CC(=O)O)C(C)(C)C. The lowest BCUT2D eigenvalue weighted by molar-refractivity contribution is -0.148. The molecular weight excluding hydrogens is 182 g/mol. The smallest absolute Gasteiger partial charge is 0.323 e. The summed E-state index contributed by atoms with van der Waals surface area (Å²) in [6, 6.07) is 0. The van der Waals surface area contributed by atoms with Crippen molar-refractivity contribution in [3.63, 3.8) is 0 Å². The minimum atomic E-state index is -0.968. The molecule has 0 atom stereocenters. The molecule has 14 heavy (non-hydrogen) atoms. The summed E-state index contributed by atoms with van der Waals surface area (Å²) < 4.78 is 0. The molecule has 1 N–H and O–H groups in total. The number of carbonyl (C=O) groups is 2. The molecule has 82 valence electrons. The number of nitrogens with zero attached hydrogens (tertiary/aromatic N) is 1. The van der Waals surface area contributed by atoms with Crippen molar-refractivity contribution in [3.05, 3.63) is 0 Å². The third-order valence-corrected chi connectivity index (χ3v) is 1.87. The van der Waals surface area contributed by atoms with Gasteiger partial charge in [0.05, 0.1) is 0 Å². The van der Waals surface area contributed by atoms with E-state index >= 15 is 0 Å². The van der Waals surface area contributed by atoms with E-state index in [1.165, 1.54) is 4.90 Å². The summed E-state index contributed by atoms with van der Waals surface area (Å²) in [5.74, 6) is -1.06. The predicted octanol–water partition coefficient (Wildman–Crippen LogP) is 1.50. The highest BCUT2D eigenvalue weighted by molar-refractivity contribution is 5.81. The molecule has 0 bridgehead atoms. The molecule has 0 aromatic carbocycles. The van der Waals surface area contributed by atoms with Gasteiger partial charge in [0, 0.05) is 12.0 Å². The van der Waals surface area contributed by atoms with Crippen molar-refractivity contribution in [2.75, 3.05) is 6.54 Å². The van der Waals surface area contributed by atoms with Gasteiger partial charge in [0.1, 0.15) is 6.54 Å². The van der Waals surface area contributed by atoms with Crippen molar-refractivity contribution >= 4 is 11.9 Å². The van der Waals surface area contributed by atoms with Crippen LogP contribution in [0.4, 0.5) is 0 Å². The first kappa shape index (κ1) is 12.9. The van der Waals surface area contributed by atoms with Gasteiger partial charge in [-0.05, 0) is 27.2 Å². The van der Waals surface area contributed by atoms with Gasteiger partial charge in [-0.25, -0.2) is 0 Å². The number of hydrogen-bond acceptors (Lipinski definition) is 2. The van der Waals surface area contributed by atoms with Gasteiger partial charge in [0.25, 0.3) is 0 Å². The van der Waals surface area contributed by atoms with Crippen LogP contribution < -0.4 is 0 Å². The topological polar surface area (TPSA) is 57.6 Å². The Hall–Kier alpha value is -1.06. The van der Waals surface area contributed by atoms with Crippen LogP contribution >= 0.6 is 0 Å². The van der Waals surface area contributed by atoms with Crippen molar-refractivity contribution in [1.29, 1.82) is 0 Å². The Morgan fingerprint density at radius 3 is 2.07 bits per heavy atom. The summed E-state index contributed by atoms with van der Waals surface area (Å²) in [7, 11) is 0. The molecule has 0 aliphatic heterocycles. The third kappa shape index (κ3) is 4.25. The van der Waals surface area contributed by atoms with Crippen LogP contribution in [-0.2, 0) is 9.59 Å². The first-order valence-corrected chi connectivity index (χ1v) is 4.81. The van der Waals surface area contributed by atoms with E-state index in [0.717, 1.165) is 6.42 Å². The largest absolute Gasteiger partial charge is 0.480 e. The van der Waals surface area contributed by atoms with Gasteiger partial charge in [0.15, 0.2) is 0 Å². The second kappa shape index (κ2) is 4.98. The average Bonchev–Trinajstić information content (AvgIpc) is 1.98. The zero-order chi connectivity index (χ0) is 11.4. The fourth-order valence-corrected chi connectivity index (χ4v) is 1.18. The number of aliphatic carboxylic acids is 1. The van der Waals surface area contributed by atoms with E-state index in [4.69, 9.17) is 5.11 Å². The molecule has 0 saturated heterocycles. The highest BCUT2D eigenvalue weighted by atomic mass is 16.4. The molecule has 0 aromatic rings. The fraction of sp³-hybridized carbons (Fsp3) is 0.800. The molecule has 0 aliphatic rings. The Bertz CT molecular complexity index is 218. The van der Waals surface area contributed by atoms with Gasteiger partial charge in [-0.2, -0.15) is 0 Å². The lowest BCUT2D eigenvalue weighted by Gasteiger charge is -2.34. The van der Waals surface area contributed by atoms with E-state index in [1.807, 2.05) is 27.7 Å². The first-order chi connectivity index (χ1) is 6.29. The van der Waals surface area contributed by atoms with Gasteiger partial charge >= 0.3 is 5.97 Å². The molecule has 0 heterocycles. The second-order valence-corrected chi connectivity index (χ2v) is 4.29. The molecule has 0 radical (unpaired) electrons. The minimum Gasteiger partial charge on any atom is -0.480 e. The third-order valence-electron chi connectivity index (χ3n) is 1.87. The van der Waals surface area contributed by atoms with E-state index < -0.39 is 11.5 Å². The number of carbonyl (C=O) groups excluding carboxylic acids is 1. The normalized spacial score (nSPS) is 11.1. The Labute approximate surface area is 84.9 Å². The standard InChI is InChI=1S/C10H19NO3/c1-5-6-8(12)11(7-9(13)14)10(2,3)4/h5-7H2,1-4H3,(H,13,14). The molecule has 0 spiro atoms.